The Balaban J connectivity index is 0. The molecule has 1 aliphatic rings. The first-order chi connectivity index (χ1) is 6.72. The van der Waals surface area contributed by atoms with Crippen LogP contribution in [-0.2, 0) is 0 Å². The zero-order valence-electron chi connectivity index (χ0n) is 11.4. The van der Waals surface area contributed by atoms with E-state index in [9.17, 15) is 0 Å². The van der Waals surface area contributed by atoms with Crippen LogP contribution in [0.25, 0.3) is 0 Å². The number of rotatable bonds is 1. The monoisotopic (exact) mass is 200 g/mol. The molecular formula is C14H32. The summed E-state index contributed by atoms with van der Waals surface area (Å²) in [7, 11) is 0. The molecule has 0 atom stereocenters. The van der Waals surface area contributed by atoms with Crippen LogP contribution in [0.5, 0.6) is 0 Å². The van der Waals surface area contributed by atoms with Crippen molar-refractivity contribution in [3.63, 3.8) is 0 Å². The van der Waals surface area contributed by atoms with Gasteiger partial charge in [-0.1, -0.05) is 80.1 Å². The van der Waals surface area contributed by atoms with E-state index in [4.69, 9.17) is 0 Å². The summed E-state index contributed by atoms with van der Waals surface area (Å²) in [6.45, 7) is 13.0. The third kappa shape index (κ3) is 10.1. The van der Waals surface area contributed by atoms with Crippen molar-refractivity contribution < 1.29 is 0 Å². The molecule has 0 heteroatoms. The Morgan fingerprint density at radius 3 is 1.50 bits per heavy atom. The molecule has 0 radical (unpaired) electrons. The smallest absolute Gasteiger partial charge is 0.0391 e. The fourth-order valence-corrected chi connectivity index (χ4v) is 1.80. The summed E-state index contributed by atoms with van der Waals surface area (Å²) in [5.41, 5.74) is 0. The van der Waals surface area contributed by atoms with Gasteiger partial charge in [0.1, 0.15) is 0 Å². The van der Waals surface area contributed by atoms with Crippen LogP contribution in [0.4, 0.5) is 0 Å². The molecule has 1 saturated carbocycles. The lowest BCUT2D eigenvalue weighted by molar-refractivity contribution is 0.279. The van der Waals surface area contributed by atoms with Crippen molar-refractivity contribution in [3.8, 4) is 0 Å². The lowest BCUT2D eigenvalue weighted by Gasteiger charge is -2.24. The van der Waals surface area contributed by atoms with Crippen LogP contribution in [0.15, 0.2) is 0 Å². The van der Waals surface area contributed by atoms with E-state index in [0.717, 1.165) is 11.8 Å². The Hall–Kier alpha value is 0. The molecule has 1 rings (SSSR count). The Labute approximate surface area is 92.5 Å². The van der Waals surface area contributed by atoms with Gasteiger partial charge in [-0.25, -0.2) is 0 Å². The van der Waals surface area contributed by atoms with Crippen LogP contribution >= 0.6 is 0 Å². The first-order valence-corrected chi connectivity index (χ1v) is 6.72. The molecule has 0 unspecified atom stereocenters. The van der Waals surface area contributed by atoms with Crippen molar-refractivity contribution in [1.29, 1.82) is 0 Å². The van der Waals surface area contributed by atoms with Gasteiger partial charge in [0, 0.05) is 0 Å². The first-order valence-electron chi connectivity index (χ1n) is 6.72. The molecule has 1 aliphatic carbocycles. The molecule has 0 bridgehead atoms. The number of hydrogen-bond donors (Lipinski definition) is 0. The highest BCUT2D eigenvalue weighted by molar-refractivity contribution is 4.67. The molecule has 0 nitrogen and oxygen atoms in total. The van der Waals surface area contributed by atoms with Gasteiger partial charge in [0.2, 0.25) is 0 Å². The minimum atomic E-state index is 0.935. The standard InChI is InChI=1S/C9H18.C3H8.C2H6/c1-8(2)9-6-4-3-5-7-9;1-3-2;1-2/h8-9H,3-7H2,1-2H3;3H2,1-2H3;1-2H3. The maximum Gasteiger partial charge on any atom is -0.0391 e. The van der Waals surface area contributed by atoms with Gasteiger partial charge in [0.25, 0.3) is 0 Å². The molecule has 14 heavy (non-hydrogen) atoms. The minimum absolute atomic E-state index is 0.935. The van der Waals surface area contributed by atoms with Gasteiger partial charge in [0.15, 0.2) is 0 Å². The van der Waals surface area contributed by atoms with Crippen LogP contribution in [0.1, 0.15) is 80.1 Å². The highest BCUT2D eigenvalue weighted by atomic mass is 14.2. The van der Waals surface area contributed by atoms with Gasteiger partial charge in [0.05, 0.1) is 0 Å². The molecule has 88 valence electrons. The van der Waals surface area contributed by atoms with Crippen LogP contribution in [0.3, 0.4) is 0 Å². The second kappa shape index (κ2) is 13.0. The fourth-order valence-electron chi connectivity index (χ4n) is 1.80. The third-order valence-electron chi connectivity index (χ3n) is 2.59. The summed E-state index contributed by atoms with van der Waals surface area (Å²) in [5, 5.41) is 0. The lowest BCUT2D eigenvalue weighted by atomic mass is 9.82. The normalized spacial score (nSPS) is 16.5. The lowest BCUT2D eigenvalue weighted by Crippen LogP contribution is -2.12. The molecular weight excluding hydrogens is 168 g/mol. The summed E-state index contributed by atoms with van der Waals surface area (Å²) in [4.78, 5) is 0. The van der Waals surface area contributed by atoms with E-state index in [0.29, 0.717) is 0 Å². The maximum absolute atomic E-state index is 2.36. The topological polar surface area (TPSA) is 0 Å². The van der Waals surface area contributed by atoms with E-state index in [1.807, 2.05) is 13.8 Å². The van der Waals surface area contributed by atoms with E-state index < -0.39 is 0 Å². The molecule has 0 N–H and O–H groups in total. The molecule has 1 fully saturated rings. The average Bonchev–Trinajstić information content (AvgIpc) is 2.23. The van der Waals surface area contributed by atoms with Crippen LogP contribution in [0, 0.1) is 11.8 Å². The molecule has 0 aromatic rings. The van der Waals surface area contributed by atoms with Crippen molar-refractivity contribution in [3.05, 3.63) is 0 Å². The van der Waals surface area contributed by atoms with Gasteiger partial charge in [-0.05, 0) is 11.8 Å². The molecule has 0 amide bonds. The number of hydrogen-bond acceptors (Lipinski definition) is 0. The SMILES string of the molecule is CC.CC(C)C1CCCCC1.CCC. The van der Waals surface area contributed by atoms with Gasteiger partial charge in [-0.2, -0.15) is 0 Å². The van der Waals surface area contributed by atoms with Crippen molar-refractivity contribution in [2.75, 3.05) is 0 Å². The van der Waals surface area contributed by atoms with Gasteiger partial charge < -0.3 is 0 Å². The van der Waals surface area contributed by atoms with Crippen molar-refractivity contribution >= 4 is 0 Å². The molecule has 0 saturated heterocycles. The molecule has 0 spiro atoms. The highest BCUT2D eigenvalue weighted by Crippen LogP contribution is 2.29. The maximum atomic E-state index is 2.36. The zero-order valence-corrected chi connectivity index (χ0v) is 11.4. The summed E-state index contributed by atoms with van der Waals surface area (Å²) < 4.78 is 0. The van der Waals surface area contributed by atoms with Crippen LogP contribution < -0.4 is 0 Å². The van der Waals surface area contributed by atoms with E-state index >= 15 is 0 Å². The Bertz CT molecular complexity index is 78.0. The van der Waals surface area contributed by atoms with Gasteiger partial charge in [-0.3, -0.25) is 0 Å². The summed E-state index contributed by atoms with van der Waals surface area (Å²) in [6, 6.07) is 0. The van der Waals surface area contributed by atoms with Crippen molar-refractivity contribution in [2.24, 2.45) is 11.8 Å². The van der Waals surface area contributed by atoms with Crippen molar-refractivity contribution in [2.45, 2.75) is 80.1 Å². The predicted molar refractivity (Wildman–Crippen MR) is 68.7 cm³/mol. The largest absolute Gasteiger partial charge is 0.0683 e. The predicted octanol–water partition coefficient (Wildman–Crippen LogP) is 5.67. The molecule has 0 aromatic carbocycles. The molecule has 0 heterocycles. The van der Waals surface area contributed by atoms with Crippen LogP contribution in [0.2, 0.25) is 0 Å². The summed E-state index contributed by atoms with van der Waals surface area (Å²) in [6.07, 6.45) is 8.71. The Morgan fingerprint density at radius 1 is 0.929 bits per heavy atom. The van der Waals surface area contributed by atoms with Gasteiger partial charge >= 0.3 is 0 Å². The van der Waals surface area contributed by atoms with E-state index in [1.54, 1.807) is 0 Å². The van der Waals surface area contributed by atoms with E-state index in [1.165, 1.54) is 38.5 Å². The Morgan fingerprint density at radius 2 is 1.29 bits per heavy atom. The second-order valence-corrected chi connectivity index (χ2v) is 4.35. The van der Waals surface area contributed by atoms with Gasteiger partial charge in [-0.15, -0.1) is 0 Å². The molecule has 0 aromatic heterocycles. The molecule has 0 aliphatic heterocycles. The zero-order chi connectivity index (χ0) is 11.4. The summed E-state index contributed by atoms with van der Waals surface area (Å²) in [5.74, 6) is 1.99. The van der Waals surface area contributed by atoms with E-state index in [2.05, 4.69) is 27.7 Å². The Kier molecular flexibility index (Phi) is 15.3. The highest BCUT2D eigenvalue weighted by Gasteiger charge is 2.15. The third-order valence-corrected chi connectivity index (χ3v) is 2.59. The quantitative estimate of drug-likeness (QED) is 0.512. The van der Waals surface area contributed by atoms with E-state index in [-0.39, 0.29) is 0 Å². The first kappa shape index (κ1) is 16.4. The second-order valence-electron chi connectivity index (χ2n) is 4.35. The fraction of sp³-hybridized carbons (Fsp3) is 1.00. The van der Waals surface area contributed by atoms with Crippen molar-refractivity contribution in [1.82, 2.24) is 0 Å². The van der Waals surface area contributed by atoms with Crippen LogP contribution in [-0.4, -0.2) is 0 Å². The average molecular weight is 200 g/mol. The summed E-state index contributed by atoms with van der Waals surface area (Å²) >= 11 is 0. The minimum Gasteiger partial charge on any atom is -0.0683 e.